The quantitative estimate of drug-likeness (QED) is 0.483. The number of rotatable bonds is 6. The molecule has 8 nitrogen and oxygen atoms in total. The molecule has 37 heavy (non-hydrogen) atoms. The number of nitrogens with zero attached hydrogens (tertiary/aromatic N) is 5. The van der Waals surface area contributed by atoms with E-state index in [1.165, 1.54) is 10.9 Å². The van der Waals surface area contributed by atoms with Crippen molar-refractivity contribution >= 4 is 34.6 Å². The summed E-state index contributed by atoms with van der Waals surface area (Å²) in [6.07, 6.45) is 8.39. The fraction of sp³-hybridized carbons (Fsp3) is 0.414. The van der Waals surface area contributed by atoms with Crippen LogP contribution in [0.4, 0.5) is 16.3 Å². The van der Waals surface area contributed by atoms with E-state index in [9.17, 15) is 10.1 Å². The molecule has 194 valence electrons. The van der Waals surface area contributed by atoms with Crippen LogP contribution in [0.2, 0.25) is 0 Å². The number of piperazine rings is 1. The van der Waals surface area contributed by atoms with E-state index in [0.717, 1.165) is 48.6 Å². The first-order valence-electron chi connectivity index (χ1n) is 12.7. The second-order valence-corrected chi connectivity index (χ2v) is 10.5. The Morgan fingerprint density at radius 2 is 2.00 bits per heavy atom. The lowest BCUT2D eigenvalue weighted by Crippen LogP contribution is -2.50. The molecule has 0 spiro atoms. The molecule has 1 aliphatic heterocycles. The number of aromatic nitrogens is 2. The Morgan fingerprint density at radius 3 is 2.70 bits per heavy atom. The maximum absolute atomic E-state index is 12.3. The highest BCUT2D eigenvalue weighted by Gasteiger charge is 2.25. The SMILES string of the molecule is Cc1c(N(C)c2ncc(C#N)cc2/C=C/CCN2CCN(C(=O)OC(C)(C)C)CC2)ccc2[nH]ccc12. The highest BCUT2D eigenvalue weighted by atomic mass is 16.6. The van der Waals surface area contributed by atoms with Crippen molar-refractivity contribution in [3.05, 3.63) is 59.4 Å². The zero-order valence-electron chi connectivity index (χ0n) is 22.4. The molecule has 0 radical (unpaired) electrons. The minimum absolute atomic E-state index is 0.237. The van der Waals surface area contributed by atoms with Crippen molar-refractivity contribution in [2.24, 2.45) is 0 Å². The molecule has 0 saturated carbocycles. The largest absolute Gasteiger partial charge is 0.444 e. The first-order valence-corrected chi connectivity index (χ1v) is 12.7. The number of pyridine rings is 1. The average Bonchev–Trinajstić information content (AvgIpc) is 3.35. The molecular weight excluding hydrogens is 464 g/mol. The van der Waals surface area contributed by atoms with Crippen molar-refractivity contribution in [1.82, 2.24) is 19.8 Å². The summed E-state index contributed by atoms with van der Waals surface area (Å²) in [5.41, 5.74) is 4.32. The molecule has 0 aliphatic carbocycles. The number of ether oxygens (including phenoxy) is 1. The van der Waals surface area contributed by atoms with Crippen molar-refractivity contribution in [3.63, 3.8) is 0 Å². The Morgan fingerprint density at radius 1 is 1.24 bits per heavy atom. The summed E-state index contributed by atoms with van der Waals surface area (Å²) < 4.78 is 5.49. The van der Waals surface area contributed by atoms with Crippen molar-refractivity contribution in [3.8, 4) is 6.07 Å². The Balaban J connectivity index is 1.40. The van der Waals surface area contributed by atoms with Gasteiger partial charge in [-0.25, -0.2) is 9.78 Å². The highest BCUT2D eigenvalue weighted by Crippen LogP contribution is 2.33. The van der Waals surface area contributed by atoms with Crippen molar-refractivity contribution in [2.45, 2.75) is 39.7 Å². The number of fused-ring (bicyclic) bond motifs is 1. The normalized spacial score (nSPS) is 14.8. The van der Waals surface area contributed by atoms with Crippen LogP contribution in [0, 0.1) is 18.3 Å². The standard InChI is InChI=1S/C29H36N6O2/c1-21-24-11-12-31-25(24)9-10-26(21)33(5)27-23(18-22(19-30)20-32-27)8-6-7-13-34-14-16-35(17-15-34)28(36)37-29(2,3)4/h6,8-12,18,20,31H,7,13-17H2,1-5H3/b8-6+. The van der Waals surface area contributed by atoms with Crippen LogP contribution in [0.25, 0.3) is 17.0 Å². The van der Waals surface area contributed by atoms with Crippen molar-refractivity contribution < 1.29 is 9.53 Å². The highest BCUT2D eigenvalue weighted by molar-refractivity contribution is 5.89. The monoisotopic (exact) mass is 500 g/mol. The summed E-state index contributed by atoms with van der Waals surface area (Å²) in [4.78, 5) is 26.4. The fourth-order valence-electron chi connectivity index (χ4n) is 4.64. The lowest BCUT2D eigenvalue weighted by Gasteiger charge is -2.35. The van der Waals surface area contributed by atoms with Gasteiger partial charge in [0.25, 0.3) is 0 Å². The van der Waals surface area contributed by atoms with E-state index in [4.69, 9.17) is 4.74 Å². The van der Waals surface area contributed by atoms with Gasteiger partial charge in [-0.05, 0) is 63.9 Å². The topological polar surface area (TPSA) is 88.5 Å². The summed E-state index contributed by atoms with van der Waals surface area (Å²) in [7, 11) is 2.01. The molecule has 1 aromatic carbocycles. The average molecular weight is 501 g/mol. The van der Waals surface area contributed by atoms with Crippen LogP contribution in [0.5, 0.6) is 0 Å². The molecule has 1 fully saturated rings. The summed E-state index contributed by atoms with van der Waals surface area (Å²) in [5, 5.41) is 10.6. The number of hydrogen-bond acceptors (Lipinski definition) is 6. The molecule has 1 saturated heterocycles. The van der Waals surface area contributed by atoms with Gasteiger partial charge in [0.15, 0.2) is 0 Å². The number of carbonyl (C=O) groups excluding carboxylic acids is 1. The lowest BCUT2D eigenvalue weighted by atomic mass is 10.1. The van der Waals surface area contributed by atoms with Gasteiger partial charge in [0.1, 0.15) is 17.5 Å². The number of H-pyrrole nitrogens is 1. The number of hydrogen-bond donors (Lipinski definition) is 1. The third-order valence-corrected chi connectivity index (χ3v) is 6.61. The van der Waals surface area contributed by atoms with Gasteiger partial charge in [0.05, 0.1) is 5.56 Å². The lowest BCUT2D eigenvalue weighted by molar-refractivity contribution is 0.0146. The molecule has 1 N–H and O–H groups in total. The molecule has 3 heterocycles. The first-order chi connectivity index (χ1) is 17.7. The van der Waals surface area contributed by atoms with E-state index in [2.05, 4.69) is 63.1 Å². The predicted molar refractivity (Wildman–Crippen MR) is 148 cm³/mol. The molecular formula is C29H36N6O2. The fourth-order valence-corrected chi connectivity index (χ4v) is 4.64. The molecule has 3 aromatic rings. The van der Waals surface area contributed by atoms with Gasteiger partial charge in [0, 0.05) is 74.3 Å². The van der Waals surface area contributed by atoms with Crippen LogP contribution in [-0.4, -0.2) is 71.2 Å². The van der Waals surface area contributed by atoms with E-state index in [-0.39, 0.29) is 6.09 Å². The van der Waals surface area contributed by atoms with Crippen LogP contribution < -0.4 is 4.90 Å². The number of nitrogens with one attached hydrogen (secondary N) is 1. The number of aromatic amines is 1. The third kappa shape index (κ3) is 6.30. The van der Waals surface area contributed by atoms with Gasteiger partial charge >= 0.3 is 6.09 Å². The van der Waals surface area contributed by atoms with E-state index >= 15 is 0 Å². The zero-order chi connectivity index (χ0) is 26.6. The minimum Gasteiger partial charge on any atom is -0.444 e. The zero-order valence-corrected chi connectivity index (χ0v) is 22.4. The Kier molecular flexibility index (Phi) is 7.84. The number of nitriles is 1. The van der Waals surface area contributed by atoms with Gasteiger partial charge in [-0.15, -0.1) is 0 Å². The van der Waals surface area contributed by atoms with Crippen molar-refractivity contribution in [1.29, 1.82) is 5.26 Å². The second kappa shape index (κ2) is 11.1. The van der Waals surface area contributed by atoms with Crippen molar-refractivity contribution in [2.75, 3.05) is 44.7 Å². The molecule has 8 heteroatoms. The van der Waals surface area contributed by atoms with Crippen LogP contribution >= 0.6 is 0 Å². The van der Waals surface area contributed by atoms with E-state index in [0.29, 0.717) is 18.7 Å². The molecule has 0 bridgehead atoms. The van der Waals surface area contributed by atoms with Gasteiger partial charge in [-0.3, -0.25) is 4.90 Å². The van der Waals surface area contributed by atoms with Crippen LogP contribution in [-0.2, 0) is 4.74 Å². The molecule has 0 atom stereocenters. The Labute approximate surface area is 219 Å². The number of anilines is 2. The molecule has 0 unspecified atom stereocenters. The first kappa shape index (κ1) is 26.2. The summed E-state index contributed by atoms with van der Waals surface area (Å²) in [6.45, 7) is 11.7. The number of carbonyl (C=O) groups is 1. The number of benzene rings is 1. The maximum Gasteiger partial charge on any atom is 0.410 e. The van der Waals surface area contributed by atoms with E-state index in [1.807, 2.05) is 40.1 Å². The van der Waals surface area contributed by atoms with Gasteiger partial charge in [-0.2, -0.15) is 5.26 Å². The maximum atomic E-state index is 12.3. The summed E-state index contributed by atoms with van der Waals surface area (Å²) >= 11 is 0. The smallest absolute Gasteiger partial charge is 0.410 e. The van der Waals surface area contributed by atoms with E-state index < -0.39 is 5.60 Å². The van der Waals surface area contributed by atoms with E-state index in [1.54, 1.807) is 11.1 Å². The summed E-state index contributed by atoms with van der Waals surface area (Å²) in [5.74, 6) is 0.805. The van der Waals surface area contributed by atoms with Gasteiger partial charge < -0.3 is 19.5 Å². The molecule has 4 rings (SSSR count). The molecule has 2 aromatic heterocycles. The predicted octanol–water partition coefficient (Wildman–Crippen LogP) is 5.47. The van der Waals surface area contributed by atoms with Gasteiger partial charge in [-0.1, -0.05) is 12.2 Å². The number of amides is 1. The Bertz CT molecular complexity index is 1320. The second-order valence-electron chi connectivity index (χ2n) is 10.5. The Hall–Kier alpha value is -3.83. The van der Waals surface area contributed by atoms with Crippen LogP contribution in [0.3, 0.4) is 0 Å². The van der Waals surface area contributed by atoms with Crippen LogP contribution in [0.15, 0.2) is 42.7 Å². The minimum atomic E-state index is -0.475. The molecule has 1 amide bonds. The van der Waals surface area contributed by atoms with Gasteiger partial charge in [0.2, 0.25) is 0 Å². The molecule has 1 aliphatic rings. The summed E-state index contributed by atoms with van der Waals surface area (Å²) in [6, 6.07) is 10.4. The third-order valence-electron chi connectivity index (χ3n) is 6.61. The number of aryl methyl sites for hydroxylation is 1. The van der Waals surface area contributed by atoms with Crippen LogP contribution in [0.1, 0.15) is 43.9 Å².